The molecule has 170 valence electrons. The molecule has 5 nitrogen and oxygen atoms in total. The number of aromatic amines is 1. The highest BCUT2D eigenvalue weighted by Gasteiger charge is 2.27. The average Bonchev–Trinajstić information content (AvgIpc) is 3.13. The average molecular weight is 446 g/mol. The number of rotatable bonds is 4. The van der Waals surface area contributed by atoms with Gasteiger partial charge in [-0.1, -0.05) is 6.42 Å². The van der Waals surface area contributed by atoms with Gasteiger partial charge in [0.05, 0.1) is 30.5 Å². The number of hydrogen-bond acceptors (Lipinski definition) is 3. The van der Waals surface area contributed by atoms with E-state index in [2.05, 4.69) is 4.98 Å². The number of aliphatic hydroxyl groups is 1. The number of aliphatic hydroxyl groups excluding tert-OH is 1. The van der Waals surface area contributed by atoms with Gasteiger partial charge in [0.1, 0.15) is 17.5 Å². The summed E-state index contributed by atoms with van der Waals surface area (Å²) in [4.78, 5) is 14.9. The summed E-state index contributed by atoms with van der Waals surface area (Å²) in [5, 5.41) is 9.24. The molecular formula is C24H25F3N2O3. The SMILES string of the molecule is Fc1ccc(-c2[nH]c3c(F)cc(F)cc3c2C2CCC2)cc1.O=CN1CCOC(CO)C1. The zero-order valence-corrected chi connectivity index (χ0v) is 17.5. The molecule has 1 saturated heterocycles. The van der Waals surface area contributed by atoms with Gasteiger partial charge in [-0.05, 0) is 60.2 Å². The number of morpholine rings is 1. The van der Waals surface area contributed by atoms with E-state index >= 15 is 0 Å². The molecule has 1 saturated carbocycles. The fourth-order valence-corrected chi connectivity index (χ4v) is 4.15. The van der Waals surface area contributed by atoms with Crippen molar-refractivity contribution < 1.29 is 27.8 Å². The summed E-state index contributed by atoms with van der Waals surface area (Å²) in [6.07, 6.45) is 3.75. The van der Waals surface area contributed by atoms with Crippen molar-refractivity contribution in [1.29, 1.82) is 0 Å². The lowest BCUT2D eigenvalue weighted by atomic mass is 9.78. The normalized spacial score (nSPS) is 18.8. The molecule has 0 spiro atoms. The number of nitrogens with one attached hydrogen (secondary N) is 1. The number of carbonyl (C=O) groups is 1. The van der Waals surface area contributed by atoms with Crippen molar-refractivity contribution in [3.63, 3.8) is 0 Å². The number of aromatic nitrogens is 1. The summed E-state index contributed by atoms with van der Waals surface area (Å²) in [5.74, 6) is -1.18. The first kappa shape index (κ1) is 22.4. The number of nitrogens with zero attached hydrogens (tertiary/aromatic N) is 1. The van der Waals surface area contributed by atoms with Crippen LogP contribution in [0.3, 0.4) is 0 Å². The third kappa shape index (κ3) is 4.66. The second kappa shape index (κ2) is 9.75. The van der Waals surface area contributed by atoms with Crippen molar-refractivity contribution >= 4 is 17.3 Å². The Hall–Kier alpha value is -2.84. The van der Waals surface area contributed by atoms with Crippen LogP contribution in [0.5, 0.6) is 0 Å². The monoisotopic (exact) mass is 446 g/mol. The van der Waals surface area contributed by atoms with Crippen LogP contribution in [0, 0.1) is 17.5 Å². The molecule has 2 fully saturated rings. The summed E-state index contributed by atoms with van der Waals surface area (Å²) >= 11 is 0. The van der Waals surface area contributed by atoms with Gasteiger partial charge in [-0.2, -0.15) is 0 Å². The Morgan fingerprint density at radius 1 is 1.12 bits per heavy atom. The summed E-state index contributed by atoms with van der Waals surface area (Å²) < 4.78 is 45.9. The maximum Gasteiger partial charge on any atom is 0.209 e. The third-order valence-electron chi connectivity index (χ3n) is 6.03. The van der Waals surface area contributed by atoms with Crippen molar-refractivity contribution in [2.24, 2.45) is 0 Å². The van der Waals surface area contributed by atoms with Gasteiger partial charge in [0, 0.05) is 24.5 Å². The largest absolute Gasteiger partial charge is 0.394 e. The standard InChI is InChI=1S/C18H14F3N.C6H11NO3/c19-12-6-4-11(5-7-12)17-16(10-2-1-3-10)14-8-13(20)9-15(21)18(14)22-17;8-4-6-3-7(5-9)1-2-10-6/h4-10,22H,1-3H2;5-6,8H,1-4H2. The van der Waals surface area contributed by atoms with E-state index in [4.69, 9.17) is 9.84 Å². The molecule has 2 aromatic carbocycles. The van der Waals surface area contributed by atoms with Crippen LogP contribution < -0.4 is 0 Å². The molecule has 1 aromatic heterocycles. The topological polar surface area (TPSA) is 65.6 Å². The maximum absolute atomic E-state index is 14.1. The van der Waals surface area contributed by atoms with E-state index in [1.165, 1.54) is 18.2 Å². The number of ether oxygens (including phenoxy) is 1. The minimum absolute atomic E-state index is 0.00958. The van der Waals surface area contributed by atoms with Crippen LogP contribution in [-0.2, 0) is 9.53 Å². The molecule has 0 bridgehead atoms. The van der Waals surface area contributed by atoms with E-state index in [-0.39, 0.29) is 18.5 Å². The molecule has 2 aliphatic rings. The smallest absolute Gasteiger partial charge is 0.209 e. The van der Waals surface area contributed by atoms with E-state index in [0.29, 0.717) is 36.5 Å². The summed E-state index contributed by atoms with van der Waals surface area (Å²) in [5.41, 5.74) is 2.83. The van der Waals surface area contributed by atoms with Gasteiger partial charge < -0.3 is 19.7 Å². The molecule has 1 aliphatic carbocycles. The van der Waals surface area contributed by atoms with Gasteiger partial charge in [0.25, 0.3) is 0 Å². The quantitative estimate of drug-likeness (QED) is 0.586. The zero-order valence-electron chi connectivity index (χ0n) is 17.5. The Balaban J connectivity index is 0.000000207. The summed E-state index contributed by atoms with van der Waals surface area (Å²) in [6.45, 7) is 1.67. The van der Waals surface area contributed by atoms with Crippen LogP contribution in [0.2, 0.25) is 0 Å². The molecule has 8 heteroatoms. The van der Waals surface area contributed by atoms with E-state index in [0.717, 1.165) is 48.6 Å². The van der Waals surface area contributed by atoms with Crippen LogP contribution in [0.25, 0.3) is 22.2 Å². The Kier molecular flexibility index (Phi) is 6.81. The second-order valence-electron chi connectivity index (χ2n) is 8.13. The first-order chi connectivity index (χ1) is 15.5. The Labute approximate surface area is 183 Å². The molecule has 2 heterocycles. The second-order valence-corrected chi connectivity index (χ2v) is 8.13. The van der Waals surface area contributed by atoms with Gasteiger partial charge in [-0.15, -0.1) is 0 Å². The first-order valence-corrected chi connectivity index (χ1v) is 10.7. The minimum atomic E-state index is -0.594. The molecular weight excluding hydrogens is 421 g/mol. The van der Waals surface area contributed by atoms with E-state index in [1.54, 1.807) is 17.0 Å². The van der Waals surface area contributed by atoms with Gasteiger partial charge in [0.15, 0.2) is 0 Å². The number of amides is 1. The van der Waals surface area contributed by atoms with Crippen molar-refractivity contribution in [2.45, 2.75) is 31.3 Å². The molecule has 3 aromatic rings. The van der Waals surface area contributed by atoms with Gasteiger partial charge in [0.2, 0.25) is 6.41 Å². The van der Waals surface area contributed by atoms with E-state index in [1.807, 2.05) is 0 Å². The van der Waals surface area contributed by atoms with Crippen molar-refractivity contribution in [1.82, 2.24) is 9.88 Å². The van der Waals surface area contributed by atoms with Gasteiger partial charge >= 0.3 is 0 Å². The highest BCUT2D eigenvalue weighted by molar-refractivity contribution is 5.92. The van der Waals surface area contributed by atoms with Crippen molar-refractivity contribution in [3.8, 4) is 11.3 Å². The molecule has 2 N–H and O–H groups in total. The molecule has 1 aliphatic heterocycles. The number of H-pyrrole nitrogens is 1. The lowest BCUT2D eigenvalue weighted by Crippen LogP contribution is -2.43. The predicted molar refractivity (Wildman–Crippen MR) is 115 cm³/mol. The number of halogens is 3. The van der Waals surface area contributed by atoms with Crippen LogP contribution in [0.15, 0.2) is 36.4 Å². The van der Waals surface area contributed by atoms with Crippen LogP contribution in [0.1, 0.15) is 30.7 Å². The lowest BCUT2D eigenvalue weighted by molar-refractivity contribution is -0.127. The Bertz CT molecular complexity index is 1080. The van der Waals surface area contributed by atoms with E-state index < -0.39 is 11.6 Å². The molecule has 1 atom stereocenters. The number of fused-ring (bicyclic) bond motifs is 1. The van der Waals surface area contributed by atoms with Crippen LogP contribution in [-0.4, -0.2) is 53.8 Å². The van der Waals surface area contributed by atoms with Crippen LogP contribution in [0.4, 0.5) is 13.2 Å². The third-order valence-corrected chi connectivity index (χ3v) is 6.03. The van der Waals surface area contributed by atoms with Gasteiger partial charge in [-0.3, -0.25) is 4.79 Å². The lowest BCUT2D eigenvalue weighted by Gasteiger charge is -2.28. The fourth-order valence-electron chi connectivity index (χ4n) is 4.15. The summed E-state index contributed by atoms with van der Waals surface area (Å²) in [7, 11) is 0. The first-order valence-electron chi connectivity index (χ1n) is 10.7. The van der Waals surface area contributed by atoms with Crippen LogP contribution >= 0.6 is 0 Å². The maximum atomic E-state index is 14.1. The highest BCUT2D eigenvalue weighted by atomic mass is 19.1. The summed E-state index contributed by atoms with van der Waals surface area (Å²) in [6, 6.07) is 8.35. The number of benzene rings is 2. The van der Waals surface area contributed by atoms with Gasteiger partial charge in [-0.25, -0.2) is 13.2 Å². The molecule has 0 radical (unpaired) electrons. The number of carbonyl (C=O) groups excluding carboxylic acids is 1. The predicted octanol–water partition coefficient (Wildman–Crippen LogP) is 4.36. The Morgan fingerprint density at radius 3 is 2.50 bits per heavy atom. The molecule has 32 heavy (non-hydrogen) atoms. The Morgan fingerprint density at radius 2 is 1.88 bits per heavy atom. The molecule has 5 rings (SSSR count). The number of hydrogen-bond donors (Lipinski definition) is 2. The highest BCUT2D eigenvalue weighted by Crippen LogP contribution is 2.45. The van der Waals surface area contributed by atoms with Crippen molar-refractivity contribution in [3.05, 3.63) is 59.4 Å². The zero-order chi connectivity index (χ0) is 22.7. The molecule has 1 amide bonds. The fraction of sp³-hybridized carbons (Fsp3) is 0.375. The molecule has 1 unspecified atom stereocenters. The minimum Gasteiger partial charge on any atom is -0.394 e. The van der Waals surface area contributed by atoms with E-state index in [9.17, 15) is 18.0 Å². The van der Waals surface area contributed by atoms with Crippen molar-refractivity contribution in [2.75, 3.05) is 26.3 Å².